The number of hydrogen-bond donors (Lipinski definition) is 2. The number of nitro groups is 1. The van der Waals surface area contributed by atoms with Gasteiger partial charge in [0.15, 0.2) is 0 Å². The van der Waals surface area contributed by atoms with Crippen molar-refractivity contribution in [2.45, 2.75) is 0 Å². The molecule has 16 heavy (non-hydrogen) atoms. The van der Waals surface area contributed by atoms with Gasteiger partial charge in [0, 0.05) is 24.7 Å². The largest absolute Gasteiger partial charge is 0.351 e. The van der Waals surface area contributed by atoms with Crippen LogP contribution in [0.1, 0.15) is 10.4 Å². The van der Waals surface area contributed by atoms with Gasteiger partial charge in [0.05, 0.1) is 4.92 Å². The van der Waals surface area contributed by atoms with Crippen molar-refractivity contribution in [3.63, 3.8) is 0 Å². The number of halogens is 1. The van der Waals surface area contributed by atoms with Crippen LogP contribution in [0.4, 0.5) is 5.69 Å². The summed E-state index contributed by atoms with van der Waals surface area (Å²) in [7, 11) is 0. The molecule has 1 amide bonds. The lowest BCUT2D eigenvalue weighted by Crippen LogP contribution is -2.28. The van der Waals surface area contributed by atoms with Gasteiger partial charge in [-0.1, -0.05) is 11.6 Å². The first-order chi connectivity index (χ1) is 7.56. The van der Waals surface area contributed by atoms with Crippen LogP contribution < -0.4 is 11.1 Å². The minimum absolute atomic E-state index is 0.000347. The van der Waals surface area contributed by atoms with Gasteiger partial charge in [0.1, 0.15) is 5.02 Å². The average molecular weight is 244 g/mol. The van der Waals surface area contributed by atoms with Crippen LogP contribution in [0.2, 0.25) is 5.02 Å². The first kappa shape index (κ1) is 12.4. The van der Waals surface area contributed by atoms with Gasteiger partial charge in [-0.15, -0.1) is 0 Å². The van der Waals surface area contributed by atoms with Crippen LogP contribution >= 0.6 is 11.6 Å². The van der Waals surface area contributed by atoms with Gasteiger partial charge >= 0.3 is 0 Å². The summed E-state index contributed by atoms with van der Waals surface area (Å²) in [5.41, 5.74) is 5.11. The van der Waals surface area contributed by atoms with E-state index < -0.39 is 10.8 Å². The van der Waals surface area contributed by atoms with Crippen molar-refractivity contribution in [2.24, 2.45) is 5.73 Å². The maximum atomic E-state index is 11.5. The Kier molecular flexibility index (Phi) is 4.21. The van der Waals surface area contributed by atoms with Crippen LogP contribution in [0.25, 0.3) is 0 Å². The van der Waals surface area contributed by atoms with Gasteiger partial charge in [-0.2, -0.15) is 0 Å². The van der Waals surface area contributed by atoms with E-state index in [0.717, 1.165) is 6.07 Å². The van der Waals surface area contributed by atoms with Crippen LogP contribution in [0.3, 0.4) is 0 Å². The summed E-state index contributed by atoms with van der Waals surface area (Å²) in [5.74, 6) is -0.412. The molecule has 0 heterocycles. The molecule has 86 valence electrons. The Labute approximate surface area is 96.5 Å². The standard InChI is InChI=1S/C9H10ClN3O3/c10-7-2-1-6(5-8(7)13(15)16)9(14)12-4-3-11/h1-2,5H,3-4,11H2,(H,12,14). The van der Waals surface area contributed by atoms with Gasteiger partial charge < -0.3 is 11.1 Å². The van der Waals surface area contributed by atoms with Crippen LogP contribution in [-0.2, 0) is 0 Å². The monoisotopic (exact) mass is 243 g/mol. The van der Waals surface area contributed by atoms with E-state index in [4.69, 9.17) is 17.3 Å². The second-order valence-corrected chi connectivity index (χ2v) is 3.38. The molecule has 3 N–H and O–H groups in total. The summed E-state index contributed by atoms with van der Waals surface area (Å²) in [6, 6.07) is 3.87. The molecule has 7 heteroatoms. The summed E-state index contributed by atoms with van der Waals surface area (Å²) in [4.78, 5) is 21.4. The third-order valence-corrected chi connectivity index (χ3v) is 2.15. The zero-order valence-electron chi connectivity index (χ0n) is 8.27. The second kappa shape index (κ2) is 5.43. The van der Waals surface area contributed by atoms with E-state index >= 15 is 0 Å². The zero-order chi connectivity index (χ0) is 12.1. The molecular weight excluding hydrogens is 234 g/mol. The summed E-state index contributed by atoms with van der Waals surface area (Å²) >= 11 is 5.61. The van der Waals surface area contributed by atoms with Crippen molar-refractivity contribution >= 4 is 23.2 Å². The van der Waals surface area contributed by atoms with Gasteiger partial charge in [-0.3, -0.25) is 14.9 Å². The smallest absolute Gasteiger partial charge is 0.288 e. The fourth-order valence-electron chi connectivity index (χ4n) is 1.08. The SMILES string of the molecule is NCCNC(=O)c1ccc(Cl)c([N+](=O)[O-])c1. The number of hydrogen-bond acceptors (Lipinski definition) is 4. The molecule has 6 nitrogen and oxygen atoms in total. The summed E-state index contributed by atoms with van der Waals surface area (Å²) in [6.07, 6.45) is 0. The van der Waals surface area contributed by atoms with Gasteiger partial charge in [-0.25, -0.2) is 0 Å². The molecule has 0 aliphatic rings. The minimum Gasteiger partial charge on any atom is -0.351 e. The van der Waals surface area contributed by atoms with Crippen LogP contribution in [0, 0.1) is 10.1 Å². The van der Waals surface area contributed by atoms with Crippen molar-refractivity contribution in [2.75, 3.05) is 13.1 Å². The molecule has 1 aromatic rings. The van der Waals surface area contributed by atoms with Crippen molar-refractivity contribution in [3.8, 4) is 0 Å². The molecule has 0 unspecified atom stereocenters. The summed E-state index contributed by atoms with van der Waals surface area (Å²) < 4.78 is 0. The van der Waals surface area contributed by atoms with Crippen LogP contribution in [0.5, 0.6) is 0 Å². The molecule has 0 aromatic heterocycles. The Hall–Kier alpha value is -1.66. The lowest BCUT2D eigenvalue weighted by molar-refractivity contribution is -0.384. The molecular formula is C9H10ClN3O3. The van der Waals surface area contributed by atoms with Crippen molar-refractivity contribution in [1.29, 1.82) is 0 Å². The van der Waals surface area contributed by atoms with E-state index in [1.165, 1.54) is 12.1 Å². The number of nitrogens with one attached hydrogen (secondary N) is 1. The molecule has 0 aliphatic heterocycles. The fraction of sp³-hybridized carbons (Fsp3) is 0.222. The fourth-order valence-corrected chi connectivity index (χ4v) is 1.27. The Balaban J connectivity index is 2.94. The maximum absolute atomic E-state index is 11.5. The Morgan fingerprint density at radius 1 is 1.56 bits per heavy atom. The first-order valence-electron chi connectivity index (χ1n) is 4.48. The third-order valence-electron chi connectivity index (χ3n) is 1.83. The summed E-state index contributed by atoms with van der Waals surface area (Å²) in [5, 5.41) is 13.1. The lowest BCUT2D eigenvalue weighted by Gasteiger charge is -2.03. The predicted molar refractivity (Wildman–Crippen MR) is 59.5 cm³/mol. The molecule has 0 bridgehead atoms. The molecule has 0 fully saturated rings. The molecule has 0 saturated heterocycles. The minimum atomic E-state index is -0.637. The number of carbonyl (C=O) groups is 1. The molecule has 0 aliphatic carbocycles. The number of rotatable bonds is 4. The quantitative estimate of drug-likeness (QED) is 0.607. The van der Waals surface area contributed by atoms with Crippen LogP contribution in [0.15, 0.2) is 18.2 Å². The van der Waals surface area contributed by atoms with Gasteiger partial charge in [-0.05, 0) is 12.1 Å². The highest BCUT2D eigenvalue weighted by atomic mass is 35.5. The van der Waals surface area contributed by atoms with Gasteiger partial charge in [0.25, 0.3) is 11.6 Å². The molecule has 0 radical (unpaired) electrons. The highest BCUT2D eigenvalue weighted by molar-refractivity contribution is 6.32. The van der Waals surface area contributed by atoms with Crippen molar-refractivity contribution < 1.29 is 9.72 Å². The topological polar surface area (TPSA) is 98.3 Å². The van der Waals surface area contributed by atoms with E-state index in [9.17, 15) is 14.9 Å². The predicted octanol–water partition coefficient (Wildman–Crippen LogP) is 0.937. The van der Waals surface area contributed by atoms with E-state index in [-0.39, 0.29) is 16.3 Å². The lowest BCUT2D eigenvalue weighted by atomic mass is 10.2. The van der Waals surface area contributed by atoms with E-state index in [1.807, 2.05) is 0 Å². The van der Waals surface area contributed by atoms with Crippen molar-refractivity contribution in [1.82, 2.24) is 5.32 Å². The Bertz CT molecular complexity index is 422. The van der Waals surface area contributed by atoms with E-state index in [0.29, 0.717) is 13.1 Å². The van der Waals surface area contributed by atoms with Crippen LogP contribution in [-0.4, -0.2) is 23.9 Å². The number of nitrogens with two attached hydrogens (primary N) is 1. The zero-order valence-corrected chi connectivity index (χ0v) is 9.03. The number of benzene rings is 1. The summed E-state index contributed by atoms with van der Waals surface area (Å²) in [6.45, 7) is 0.622. The molecule has 1 aromatic carbocycles. The average Bonchev–Trinajstić information content (AvgIpc) is 2.26. The number of nitro benzene ring substituents is 1. The number of nitrogens with zero attached hydrogens (tertiary/aromatic N) is 1. The number of carbonyl (C=O) groups excluding carboxylic acids is 1. The van der Waals surface area contributed by atoms with E-state index in [1.54, 1.807) is 0 Å². The third kappa shape index (κ3) is 2.91. The molecule has 0 saturated carbocycles. The second-order valence-electron chi connectivity index (χ2n) is 2.97. The van der Waals surface area contributed by atoms with Crippen molar-refractivity contribution in [3.05, 3.63) is 38.9 Å². The van der Waals surface area contributed by atoms with Gasteiger partial charge in [0.2, 0.25) is 0 Å². The Morgan fingerprint density at radius 3 is 2.81 bits per heavy atom. The highest BCUT2D eigenvalue weighted by Crippen LogP contribution is 2.24. The normalized spacial score (nSPS) is 9.88. The first-order valence-corrected chi connectivity index (χ1v) is 4.86. The molecule has 0 atom stereocenters. The van der Waals surface area contributed by atoms with E-state index in [2.05, 4.69) is 5.32 Å². The maximum Gasteiger partial charge on any atom is 0.288 e. The number of amides is 1. The Morgan fingerprint density at radius 2 is 2.25 bits per heavy atom. The highest BCUT2D eigenvalue weighted by Gasteiger charge is 2.15. The molecule has 0 spiro atoms. The molecule has 1 rings (SSSR count).